The van der Waals surface area contributed by atoms with Crippen LogP contribution in [0.2, 0.25) is 0 Å². The molecule has 0 saturated heterocycles. The molecule has 0 aromatic heterocycles. The van der Waals surface area contributed by atoms with Crippen molar-refractivity contribution in [3.63, 3.8) is 0 Å². The lowest BCUT2D eigenvalue weighted by Gasteiger charge is -2.27. The fourth-order valence-electron chi connectivity index (χ4n) is 4.61. The normalized spacial score (nSPS) is 19.2. The molecule has 1 aliphatic carbocycles. The van der Waals surface area contributed by atoms with Crippen molar-refractivity contribution < 1.29 is 4.39 Å². The summed E-state index contributed by atoms with van der Waals surface area (Å²) in [5, 5.41) is 1.65. The van der Waals surface area contributed by atoms with Crippen LogP contribution in [-0.2, 0) is 6.42 Å². The van der Waals surface area contributed by atoms with E-state index < -0.39 is 0 Å². The van der Waals surface area contributed by atoms with Gasteiger partial charge in [0.2, 0.25) is 0 Å². The van der Waals surface area contributed by atoms with E-state index in [1.54, 1.807) is 0 Å². The van der Waals surface area contributed by atoms with Crippen LogP contribution in [0.1, 0.15) is 49.1 Å². The molecule has 0 heterocycles. The van der Waals surface area contributed by atoms with Gasteiger partial charge in [0.05, 0.1) is 0 Å². The van der Waals surface area contributed by atoms with Crippen LogP contribution in [0, 0.1) is 11.7 Å². The molecule has 0 radical (unpaired) electrons. The van der Waals surface area contributed by atoms with Gasteiger partial charge in [0.15, 0.2) is 0 Å². The number of allylic oxidation sites excluding steroid dienone is 2. The SMILES string of the molecule is C=CCCc1ccc2c(F)c(-c3ccc(C4CCC(C=C)CC4)cc3)ccc2c1. The Hall–Kier alpha value is -2.67. The Morgan fingerprint density at radius 1 is 0.897 bits per heavy atom. The van der Waals surface area contributed by atoms with Gasteiger partial charge in [0, 0.05) is 10.9 Å². The first-order valence-corrected chi connectivity index (χ1v) is 10.7. The lowest BCUT2D eigenvalue weighted by Crippen LogP contribution is -2.11. The van der Waals surface area contributed by atoms with Crippen molar-refractivity contribution in [1.82, 2.24) is 0 Å². The zero-order valence-corrected chi connectivity index (χ0v) is 17.0. The maximum Gasteiger partial charge on any atom is 0.138 e. The van der Waals surface area contributed by atoms with Gasteiger partial charge in [0.25, 0.3) is 0 Å². The van der Waals surface area contributed by atoms with E-state index in [9.17, 15) is 0 Å². The van der Waals surface area contributed by atoms with E-state index in [0.29, 0.717) is 22.8 Å². The highest BCUT2D eigenvalue weighted by Gasteiger charge is 2.20. The molecule has 148 valence electrons. The molecule has 0 bridgehead atoms. The minimum absolute atomic E-state index is 0.128. The van der Waals surface area contributed by atoms with Crippen molar-refractivity contribution in [3.05, 3.63) is 96.9 Å². The van der Waals surface area contributed by atoms with Crippen molar-refractivity contribution in [2.45, 2.75) is 44.4 Å². The van der Waals surface area contributed by atoms with Crippen molar-refractivity contribution in [3.8, 4) is 11.1 Å². The molecule has 0 atom stereocenters. The summed E-state index contributed by atoms with van der Waals surface area (Å²) in [5.74, 6) is 1.17. The Balaban J connectivity index is 1.57. The highest BCUT2D eigenvalue weighted by molar-refractivity contribution is 5.88. The van der Waals surface area contributed by atoms with E-state index in [1.807, 2.05) is 30.3 Å². The molecule has 1 saturated carbocycles. The first-order chi connectivity index (χ1) is 14.2. The third kappa shape index (κ3) is 4.19. The van der Waals surface area contributed by atoms with Crippen LogP contribution >= 0.6 is 0 Å². The summed E-state index contributed by atoms with van der Waals surface area (Å²) in [6.45, 7) is 7.71. The lowest BCUT2D eigenvalue weighted by atomic mass is 9.78. The van der Waals surface area contributed by atoms with Gasteiger partial charge >= 0.3 is 0 Å². The van der Waals surface area contributed by atoms with E-state index >= 15 is 4.39 Å². The predicted octanol–water partition coefficient (Wildman–Crippen LogP) is 8.22. The molecule has 1 fully saturated rings. The molecular formula is C28H29F. The summed E-state index contributed by atoms with van der Waals surface area (Å²) in [6, 6.07) is 18.5. The van der Waals surface area contributed by atoms with Crippen LogP contribution in [0.5, 0.6) is 0 Å². The Labute approximate surface area is 173 Å². The molecule has 0 nitrogen and oxygen atoms in total. The van der Waals surface area contributed by atoms with Gasteiger partial charge in [0.1, 0.15) is 5.82 Å². The number of benzene rings is 3. The molecule has 0 aliphatic heterocycles. The summed E-state index contributed by atoms with van der Waals surface area (Å²) >= 11 is 0. The number of aryl methyl sites for hydroxylation is 1. The minimum atomic E-state index is -0.128. The van der Waals surface area contributed by atoms with E-state index in [4.69, 9.17) is 0 Å². The summed E-state index contributed by atoms with van der Waals surface area (Å²) in [4.78, 5) is 0. The quantitative estimate of drug-likeness (QED) is 0.375. The smallest absolute Gasteiger partial charge is 0.138 e. The van der Waals surface area contributed by atoms with Gasteiger partial charge in [-0.15, -0.1) is 13.2 Å². The molecule has 0 amide bonds. The van der Waals surface area contributed by atoms with Gasteiger partial charge in [-0.05, 0) is 72.4 Å². The third-order valence-electron chi connectivity index (χ3n) is 6.45. The molecule has 1 heteroatoms. The third-order valence-corrected chi connectivity index (χ3v) is 6.45. The second-order valence-electron chi connectivity index (χ2n) is 8.28. The van der Waals surface area contributed by atoms with Crippen molar-refractivity contribution in [1.29, 1.82) is 0 Å². The standard InChI is InChI=1S/C28H29F/c1-3-5-6-21-9-17-27-25(19-21)16-18-26(28(27)29)24-14-12-23(13-15-24)22-10-7-20(4-2)8-11-22/h3-4,9,12-20,22H,1-2,5-8,10-11H2. The molecule has 0 unspecified atom stereocenters. The zero-order chi connectivity index (χ0) is 20.2. The molecule has 29 heavy (non-hydrogen) atoms. The van der Waals surface area contributed by atoms with Gasteiger partial charge < -0.3 is 0 Å². The van der Waals surface area contributed by atoms with Crippen LogP contribution in [0.3, 0.4) is 0 Å². The molecule has 4 rings (SSSR count). The maximum atomic E-state index is 15.3. The Kier molecular flexibility index (Phi) is 5.94. The number of hydrogen-bond acceptors (Lipinski definition) is 0. The largest absolute Gasteiger partial charge is 0.206 e. The van der Waals surface area contributed by atoms with Crippen molar-refractivity contribution in [2.24, 2.45) is 5.92 Å². The van der Waals surface area contributed by atoms with Crippen LogP contribution in [0.4, 0.5) is 4.39 Å². The highest BCUT2D eigenvalue weighted by atomic mass is 19.1. The summed E-state index contributed by atoms with van der Waals surface area (Å²) < 4.78 is 15.3. The number of halogens is 1. The second-order valence-corrected chi connectivity index (χ2v) is 8.28. The number of rotatable bonds is 6. The molecule has 0 N–H and O–H groups in total. The van der Waals surface area contributed by atoms with Crippen LogP contribution in [0.15, 0.2) is 79.9 Å². The molecular weight excluding hydrogens is 355 g/mol. The molecule has 3 aromatic carbocycles. The Morgan fingerprint density at radius 2 is 1.66 bits per heavy atom. The first kappa shape index (κ1) is 19.6. The van der Waals surface area contributed by atoms with E-state index in [-0.39, 0.29) is 5.82 Å². The minimum Gasteiger partial charge on any atom is -0.206 e. The van der Waals surface area contributed by atoms with Gasteiger partial charge in [-0.1, -0.05) is 66.7 Å². The Bertz CT molecular complexity index is 1000. The van der Waals surface area contributed by atoms with Gasteiger partial charge in [-0.3, -0.25) is 0 Å². The summed E-state index contributed by atoms with van der Waals surface area (Å²) in [5.41, 5.74) is 4.23. The fraction of sp³-hybridized carbons (Fsp3) is 0.286. The second kappa shape index (κ2) is 8.78. The highest BCUT2D eigenvalue weighted by Crippen LogP contribution is 2.37. The number of fused-ring (bicyclic) bond motifs is 1. The number of hydrogen-bond donors (Lipinski definition) is 0. The monoisotopic (exact) mass is 384 g/mol. The van der Waals surface area contributed by atoms with Crippen molar-refractivity contribution >= 4 is 10.8 Å². The Morgan fingerprint density at radius 3 is 2.34 bits per heavy atom. The summed E-state index contributed by atoms with van der Waals surface area (Å²) in [6.07, 6.45) is 10.8. The topological polar surface area (TPSA) is 0 Å². The van der Waals surface area contributed by atoms with Crippen molar-refractivity contribution in [2.75, 3.05) is 0 Å². The van der Waals surface area contributed by atoms with E-state index in [1.165, 1.54) is 36.8 Å². The van der Waals surface area contributed by atoms with E-state index in [0.717, 1.165) is 23.8 Å². The zero-order valence-electron chi connectivity index (χ0n) is 17.0. The summed E-state index contributed by atoms with van der Waals surface area (Å²) in [7, 11) is 0. The van der Waals surface area contributed by atoms with Crippen LogP contribution in [0.25, 0.3) is 21.9 Å². The fourth-order valence-corrected chi connectivity index (χ4v) is 4.61. The predicted molar refractivity (Wildman–Crippen MR) is 123 cm³/mol. The first-order valence-electron chi connectivity index (χ1n) is 10.7. The van der Waals surface area contributed by atoms with Crippen LogP contribution in [-0.4, -0.2) is 0 Å². The molecule has 1 aliphatic rings. The maximum absolute atomic E-state index is 15.3. The molecule has 0 spiro atoms. The molecule has 3 aromatic rings. The van der Waals surface area contributed by atoms with Gasteiger partial charge in [-0.2, -0.15) is 0 Å². The lowest BCUT2D eigenvalue weighted by molar-refractivity contribution is 0.376. The average Bonchev–Trinajstić information content (AvgIpc) is 2.78. The van der Waals surface area contributed by atoms with Gasteiger partial charge in [-0.25, -0.2) is 4.39 Å². The average molecular weight is 385 g/mol. The van der Waals surface area contributed by atoms with Crippen LogP contribution < -0.4 is 0 Å². The van der Waals surface area contributed by atoms with E-state index in [2.05, 4.69) is 49.6 Å².